The van der Waals surface area contributed by atoms with Gasteiger partial charge in [-0.15, -0.1) is 5.10 Å². The minimum absolute atomic E-state index is 0.0144. The van der Waals surface area contributed by atoms with E-state index in [0.29, 0.717) is 29.5 Å². The van der Waals surface area contributed by atoms with E-state index in [2.05, 4.69) is 35.7 Å². The molecule has 1 saturated heterocycles. The van der Waals surface area contributed by atoms with Crippen LogP contribution in [-0.4, -0.2) is 45.9 Å². The highest BCUT2D eigenvalue weighted by atomic mass is 32.1. The molecular weight excluding hydrogens is 312 g/mol. The van der Waals surface area contributed by atoms with E-state index >= 15 is 0 Å². The van der Waals surface area contributed by atoms with Crippen LogP contribution in [0.25, 0.3) is 0 Å². The Morgan fingerprint density at radius 1 is 1.30 bits per heavy atom. The molecule has 0 bridgehead atoms. The highest BCUT2D eigenvalue weighted by Gasteiger charge is 2.26. The second-order valence-electron chi connectivity index (χ2n) is 7.46. The van der Waals surface area contributed by atoms with Crippen LogP contribution in [0.4, 0.5) is 0 Å². The molecule has 7 heteroatoms. The average Bonchev–Trinajstić information content (AvgIpc) is 2.89. The number of amides is 2. The molecule has 1 aromatic rings. The van der Waals surface area contributed by atoms with Gasteiger partial charge in [0.15, 0.2) is 0 Å². The maximum atomic E-state index is 12.4. The first-order valence-corrected chi connectivity index (χ1v) is 8.88. The third-order valence-electron chi connectivity index (χ3n) is 4.03. The summed E-state index contributed by atoms with van der Waals surface area (Å²) in [6.07, 6.45) is 2.39. The van der Waals surface area contributed by atoms with E-state index in [9.17, 15) is 9.59 Å². The Balaban J connectivity index is 1.75. The predicted molar refractivity (Wildman–Crippen MR) is 90.4 cm³/mol. The molecule has 0 radical (unpaired) electrons. The van der Waals surface area contributed by atoms with Gasteiger partial charge in [0.05, 0.1) is 5.69 Å². The zero-order valence-electron chi connectivity index (χ0n) is 14.4. The number of rotatable bonds is 4. The van der Waals surface area contributed by atoms with Crippen molar-refractivity contribution in [2.24, 2.45) is 11.3 Å². The van der Waals surface area contributed by atoms with Crippen LogP contribution >= 0.6 is 11.5 Å². The maximum absolute atomic E-state index is 12.4. The summed E-state index contributed by atoms with van der Waals surface area (Å²) < 4.78 is 3.83. The Morgan fingerprint density at radius 3 is 2.48 bits per heavy atom. The molecular formula is C16H26N4O2S. The van der Waals surface area contributed by atoms with Gasteiger partial charge in [-0.05, 0) is 42.6 Å². The van der Waals surface area contributed by atoms with Gasteiger partial charge in [-0.25, -0.2) is 0 Å². The molecule has 1 N–H and O–H groups in total. The van der Waals surface area contributed by atoms with E-state index in [4.69, 9.17) is 0 Å². The van der Waals surface area contributed by atoms with Crippen molar-refractivity contribution in [3.05, 3.63) is 10.6 Å². The lowest BCUT2D eigenvalue weighted by molar-refractivity contribution is -0.123. The van der Waals surface area contributed by atoms with Gasteiger partial charge in [0.25, 0.3) is 5.91 Å². The molecule has 2 heterocycles. The largest absolute Gasteiger partial charge is 0.356 e. The van der Waals surface area contributed by atoms with Crippen molar-refractivity contribution in [2.45, 2.75) is 47.0 Å². The number of carbonyl (C=O) groups is 2. The van der Waals surface area contributed by atoms with Crippen molar-refractivity contribution < 1.29 is 9.59 Å². The molecule has 23 heavy (non-hydrogen) atoms. The molecule has 2 amide bonds. The summed E-state index contributed by atoms with van der Waals surface area (Å²) in [5.41, 5.74) is 0.720. The lowest BCUT2D eigenvalue weighted by atomic mass is 9.91. The number of hydrogen-bond donors (Lipinski definition) is 1. The number of hydrogen-bond acceptors (Lipinski definition) is 5. The molecule has 6 nitrogen and oxygen atoms in total. The van der Waals surface area contributed by atoms with Crippen LogP contribution in [0.5, 0.6) is 0 Å². The predicted octanol–water partition coefficient (Wildman–Crippen LogP) is 2.25. The molecule has 0 saturated carbocycles. The number of piperidine rings is 1. The van der Waals surface area contributed by atoms with Crippen molar-refractivity contribution in [1.29, 1.82) is 0 Å². The molecule has 0 aromatic carbocycles. The fourth-order valence-electron chi connectivity index (χ4n) is 2.71. The standard InChI is InChI=1S/C16H26N4O2S/c1-11-14(23-19-18-11)15(22)20-7-5-12(6-8-20)10-17-13(21)9-16(2,3)4/h12H,5-10H2,1-4H3,(H,17,21). The minimum Gasteiger partial charge on any atom is -0.356 e. The van der Waals surface area contributed by atoms with E-state index < -0.39 is 0 Å². The van der Waals surface area contributed by atoms with Gasteiger partial charge in [-0.1, -0.05) is 25.3 Å². The van der Waals surface area contributed by atoms with E-state index in [-0.39, 0.29) is 17.2 Å². The Hall–Kier alpha value is -1.50. The summed E-state index contributed by atoms with van der Waals surface area (Å²) in [5, 5.41) is 6.93. The molecule has 0 atom stereocenters. The van der Waals surface area contributed by atoms with Gasteiger partial charge in [-0.3, -0.25) is 9.59 Å². The van der Waals surface area contributed by atoms with Crippen molar-refractivity contribution in [3.8, 4) is 0 Å². The SMILES string of the molecule is Cc1nnsc1C(=O)N1CCC(CNC(=O)CC(C)(C)C)CC1. The number of likely N-dealkylation sites (tertiary alicyclic amines) is 1. The Labute approximate surface area is 141 Å². The van der Waals surface area contributed by atoms with Gasteiger partial charge in [0, 0.05) is 26.1 Å². The first-order valence-electron chi connectivity index (χ1n) is 8.11. The molecule has 1 aromatic heterocycles. The maximum Gasteiger partial charge on any atom is 0.267 e. The summed E-state index contributed by atoms with van der Waals surface area (Å²) in [6.45, 7) is 10.2. The fourth-order valence-corrected chi connectivity index (χ4v) is 3.34. The quantitative estimate of drug-likeness (QED) is 0.913. The summed E-state index contributed by atoms with van der Waals surface area (Å²) in [5.74, 6) is 0.596. The van der Waals surface area contributed by atoms with E-state index in [1.165, 1.54) is 0 Å². The highest BCUT2D eigenvalue weighted by Crippen LogP contribution is 2.21. The van der Waals surface area contributed by atoms with Gasteiger partial charge in [0.2, 0.25) is 5.91 Å². The van der Waals surface area contributed by atoms with Crippen LogP contribution in [0.2, 0.25) is 0 Å². The average molecular weight is 338 g/mol. The molecule has 1 aliphatic heterocycles. The lowest BCUT2D eigenvalue weighted by Gasteiger charge is -2.32. The van der Waals surface area contributed by atoms with Crippen LogP contribution in [-0.2, 0) is 4.79 Å². The zero-order chi connectivity index (χ0) is 17.0. The van der Waals surface area contributed by atoms with Crippen LogP contribution in [0, 0.1) is 18.3 Å². The Kier molecular flexibility index (Phi) is 5.73. The zero-order valence-corrected chi connectivity index (χ0v) is 15.2. The highest BCUT2D eigenvalue weighted by molar-refractivity contribution is 7.07. The summed E-state index contributed by atoms with van der Waals surface area (Å²) in [7, 11) is 0. The summed E-state index contributed by atoms with van der Waals surface area (Å²) in [6, 6.07) is 0. The molecule has 1 fully saturated rings. The number of nitrogens with one attached hydrogen (secondary N) is 1. The minimum atomic E-state index is 0.0144. The molecule has 0 spiro atoms. The topological polar surface area (TPSA) is 75.2 Å². The normalized spacial score (nSPS) is 16.4. The Morgan fingerprint density at radius 2 is 1.96 bits per heavy atom. The molecule has 0 aliphatic carbocycles. The number of nitrogens with zero attached hydrogens (tertiary/aromatic N) is 3. The van der Waals surface area contributed by atoms with Crippen molar-refractivity contribution in [1.82, 2.24) is 19.8 Å². The summed E-state index contributed by atoms with van der Waals surface area (Å²) >= 11 is 1.16. The van der Waals surface area contributed by atoms with Gasteiger partial charge < -0.3 is 10.2 Å². The fraction of sp³-hybridized carbons (Fsp3) is 0.750. The monoisotopic (exact) mass is 338 g/mol. The first-order chi connectivity index (χ1) is 10.8. The van der Waals surface area contributed by atoms with Gasteiger partial charge >= 0.3 is 0 Å². The van der Waals surface area contributed by atoms with Gasteiger partial charge in [-0.2, -0.15) is 0 Å². The van der Waals surface area contributed by atoms with Crippen LogP contribution in [0.1, 0.15) is 55.4 Å². The number of carbonyl (C=O) groups excluding carboxylic acids is 2. The summed E-state index contributed by atoms with van der Waals surface area (Å²) in [4.78, 5) is 26.8. The lowest BCUT2D eigenvalue weighted by Crippen LogP contribution is -2.41. The van der Waals surface area contributed by atoms with Gasteiger partial charge in [0.1, 0.15) is 4.88 Å². The second kappa shape index (κ2) is 7.38. The number of aromatic nitrogens is 2. The molecule has 128 valence electrons. The third kappa shape index (κ3) is 5.27. The van der Waals surface area contributed by atoms with Crippen molar-refractivity contribution in [3.63, 3.8) is 0 Å². The van der Waals surface area contributed by atoms with Crippen LogP contribution in [0.15, 0.2) is 0 Å². The van der Waals surface area contributed by atoms with E-state index in [1.807, 2.05) is 11.8 Å². The van der Waals surface area contributed by atoms with Crippen molar-refractivity contribution >= 4 is 23.3 Å². The molecule has 1 aliphatic rings. The first kappa shape index (κ1) is 17.8. The third-order valence-corrected chi connectivity index (χ3v) is 4.84. The molecule has 0 unspecified atom stereocenters. The second-order valence-corrected chi connectivity index (χ2v) is 8.22. The van der Waals surface area contributed by atoms with E-state index in [1.54, 1.807) is 0 Å². The Bertz CT molecular complexity index is 557. The van der Waals surface area contributed by atoms with Crippen molar-refractivity contribution in [2.75, 3.05) is 19.6 Å². The van der Waals surface area contributed by atoms with Crippen LogP contribution in [0.3, 0.4) is 0 Å². The van der Waals surface area contributed by atoms with E-state index in [0.717, 1.165) is 37.5 Å². The number of aryl methyl sites for hydroxylation is 1. The van der Waals surface area contributed by atoms with Crippen LogP contribution < -0.4 is 5.32 Å². The molecule has 2 rings (SSSR count). The smallest absolute Gasteiger partial charge is 0.267 e.